The lowest BCUT2D eigenvalue weighted by Crippen LogP contribution is -2.18. The van der Waals surface area contributed by atoms with Crippen LogP contribution in [0.5, 0.6) is 11.5 Å². The van der Waals surface area contributed by atoms with Gasteiger partial charge in [0.05, 0.1) is 6.42 Å². The highest BCUT2D eigenvalue weighted by Gasteiger charge is 2.20. The minimum atomic E-state index is -1.06. The molecule has 0 radical (unpaired) electrons. The van der Waals surface area contributed by atoms with Crippen LogP contribution >= 0.6 is 0 Å². The molecular weight excluding hydrogens is 310 g/mol. The molecule has 0 atom stereocenters. The van der Waals surface area contributed by atoms with Gasteiger partial charge in [0.1, 0.15) is 0 Å². The van der Waals surface area contributed by atoms with Crippen LogP contribution in [-0.2, 0) is 11.2 Å². The largest absolute Gasteiger partial charge is 0.481 e. The van der Waals surface area contributed by atoms with E-state index in [1.165, 1.54) is 0 Å². The molecule has 2 aromatic carbocycles. The van der Waals surface area contributed by atoms with Crippen molar-refractivity contribution in [1.29, 1.82) is 0 Å². The maximum absolute atomic E-state index is 12.4. The Morgan fingerprint density at radius 1 is 1.12 bits per heavy atom. The van der Waals surface area contributed by atoms with Crippen molar-refractivity contribution in [3.05, 3.63) is 58.4 Å². The fraction of sp³-hybridized carbons (Fsp3) is 0.111. The van der Waals surface area contributed by atoms with Gasteiger partial charge in [-0.05, 0) is 23.8 Å². The van der Waals surface area contributed by atoms with Crippen LogP contribution in [0.15, 0.2) is 47.3 Å². The lowest BCUT2D eigenvalue weighted by molar-refractivity contribution is -0.136. The second kappa shape index (κ2) is 5.42. The molecule has 0 spiro atoms. The van der Waals surface area contributed by atoms with Crippen molar-refractivity contribution in [1.82, 2.24) is 4.98 Å². The summed E-state index contributed by atoms with van der Waals surface area (Å²) in [6.07, 6.45) is -0.357. The van der Waals surface area contributed by atoms with E-state index in [4.69, 9.17) is 9.47 Å². The molecule has 2 heterocycles. The third kappa shape index (κ3) is 2.28. The second-order valence-electron chi connectivity index (χ2n) is 5.49. The number of carbonyl (C=O) groups is 1. The number of fused-ring (bicyclic) bond motifs is 2. The summed E-state index contributed by atoms with van der Waals surface area (Å²) in [5.74, 6) is 0.156. The van der Waals surface area contributed by atoms with Crippen molar-refractivity contribution in [3.8, 4) is 22.6 Å². The highest BCUT2D eigenvalue weighted by molar-refractivity contribution is 5.97. The van der Waals surface area contributed by atoms with Gasteiger partial charge in [-0.25, -0.2) is 0 Å². The van der Waals surface area contributed by atoms with Gasteiger partial charge >= 0.3 is 5.97 Å². The number of carboxylic acid groups (broad SMARTS) is 1. The Morgan fingerprint density at radius 2 is 1.92 bits per heavy atom. The van der Waals surface area contributed by atoms with Crippen molar-refractivity contribution in [2.45, 2.75) is 6.42 Å². The number of aromatic amines is 1. The predicted molar refractivity (Wildman–Crippen MR) is 87.5 cm³/mol. The number of hydrogen-bond acceptors (Lipinski definition) is 4. The molecule has 0 bridgehead atoms. The van der Waals surface area contributed by atoms with Crippen LogP contribution in [0.1, 0.15) is 5.56 Å². The van der Waals surface area contributed by atoms with Gasteiger partial charge in [0.2, 0.25) is 6.79 Å². The first-order valence-corrected chi connectivity index (χ1v) is 7.39. The van der Waals surface area contributed by atoms with Crippen LogP contribution in [0.2, 0.25) is 0 Å². The molecule has 1 aromatic heterocycles. The lowest BCUT2D eigenvalue weighted by Gasteiger charge is -2.12. The van der Waals surface area contributed by atoms with E-state index in [1.54, 1.807) is 24.3 Å². The highest BCUT2D eigenvalue weighted by atomic mass is 16.7. The lowest BCUT2D eigenvalue weighted by atomic mass is 9.94. The SMILES string of the molecule is O=C(O)Cc1c(-c2ccc3c(c2)OCO3)c2ccccc2[nH]c1=O. The third-order valence-corrected chi connectivity index (χ3v) is 4.01. The van der Waals surface area contributed by atoms with Gasteiger partial charge in [-0.2, -0.15) is 0 Å². The summed E-state index contributed by atoms with van der Waals surface area (Å²) in [5, 5.41) is 9.98. The topological polar surface area (TPSA) is 88.6 Å². The van der Waals surface area contributed by atoms with Gasteiger partial charge in [0.25, 0.3) is 5.56 Å². The van der Waals surface area contributed by atoms with Gasteiger partial charge in [-0.3, -0.25) is 9.59 Å². The zero-order valence-electron chi connectivity index (χ0n) is 12.5. The number of rotatable bonds is 3. The summed E-state index contributed by atoms with van der Waals surface area (Å²) in [7, 11) is 0. The Hall–Kier alpha value is -3.28. The molecule has 0 aliphatic carbocycles. The first kappa shape index (κ1) is 14.3. The molecule has 6 nitrogen and oxygen atoms in total. The second-order valence-corrected chi connectivity index (χ2v) is 5.49. The standard InChI is InChI=1S/C18H13NO5/c20-16(21)8-12-17(10-5-6-14-15(7-10)24-9-23-14)11-3-1-2-4-13(11)19-18(12)22/h1-7H,8-9H2,(H,19,22)(H,20,21). The Balaban J connectivity index is 2.04. The number of para-hydroxylation sites is 1. The van der Waals surface area contributed by atoms with E-state index in [0.717, 1.165) is 10.9 Å². The van der Waals surface area contributed by atoms with Gasteiger partial charge in [-0.15, -0.1) is 0 Å². The number of benzene rings is 2. The first-order chi connectivity index (χ1) is 11.6. The Morgan fingerprint density at radius 3 is 2.75 bits per heavy atom. The molecule has 2 N–H and O–H groups in total. The van der Waals surface area contributed by atoms with Gasteiger partial charge in [0.15, 0.2) is 11.5 Å². The molecule has 0 fully saturated rings. The zero-order chi connectivity index (χ0) is 16.7. The van der Waals surface area contributed by atoms with E-state index in [1.807, 2.05) is 18.2 Å². The maximum atomic E-state index is 12.4. The van der Waals surface area contributed by atoms with Crippen molar-refractivity contribution in [3.63, 3.8) is 0 Å². The molecule has 1 aliphatic heterocycles. The summed E-state index contributed by atoms with van der Waals surface area (Å²) < 4.78 is 10.7. The van der Waals surface area contributed by atoms with E-state index < -0.39 is 11.5 Å². The van der Waals surface area contributed by atoms with Crippen LogP contribution in [0.25, 0.3) is 22.0 Å². The fourth-order valence-corrected chi connectivity index (χ4v) is 2.99. The molecule has 120 valence electrons. The van der Waals surface area contributed by atoms with Crippen LogP contribution in [0.4, 0.5) is 0 Å². The highest BCUT2D eigenvalue weighted by Crippen LogP contribution is 2.38. The molecule has 24 heavy (non-hydrogen) atoms. The fourth-order valence-electron chi connectivity index (χ4n) is 2.99. The third-order valence-electron chi connectivity index (χ3n) is 4.01. The average Bonchev–Trinajstić information content (AvgIpc) is 3.02. The number of hydrogen-bond donors (Lipinski definition) is 2. The molecule has 3 aromatic rings. The molecule has 0 amide bonds. The van der Waals surface area contributed by atoms with Gasteiger partial charge in [-0.1, -0.05) is 24.3 Å². The van der Waals surface area contributed by atoms with Crippen LogP contribution in [0.3, 0.4) is 0 Å². The van der Waals surface area contributed by atoms with Crippen LogP contribution < -0.4 is 15.0 Å². The van der Waals surface area contributed by atoms with Crippen molar-refractivity contribution in [2.24, 2.45) is 0 Å². The number of aliphatic carboxylic acids is 1. The van der Waals surface area contributed by atoms with E-state index in [9.17, 15) is 14.7 Å². The first-order valence-electron chi connectivity index (χ1n) is 7.39. The normalized spacial score (nSPS) is 12.5. The summed E-state index contributed by atoms with van der Waals surface area (Å²) in [4.78, 5) is 26.4. The summed E-state index contributed by atoms with van der Waals surface area (Å²) in [6.45, 7) is 0.150. The van der Waals surface area contributed by atoms with E-state index in [0.29, 0.717) is 22.6 Å². The summed E-state index contributed by atoms with van der Waals surface area (Å²) in [6, 6.07) is 12.7. The van der Waals surface area contributed by atoms with Crippen molar-refractivity contribution < 1.29 is 19.4 Å². The van der Waals surface area contributed by atoms with Gasteiger partial charge in [0, 0.05) is 22.0 Å². The predicted octanol–water partition coefficient (Wildman–Crippen LogP) is 2.55. The number of pyridine rings is 1. The minimum Gasteiger partial charge on any atom is -0.481 e. The number of carboxylic acids is 1. The molecule has 0 unspecified atom stereocenters. The van der Waals surface area contributed by atoms with E-state index in [2.05, 4.69) is 4.98 Å². The zero-order valence-corrected chi connectivity index (χ0v) is 12.5. The van der Waals surface area contributed by atoms with Crippen LogP contribution in [-0.4, -0.2) is 22.9 Å². The number of nitrogens with one attached hydrogen (secondary N) is 1. The summed E-state index contributed by atoms with van der Waals surface area (Å²) in [5.41, 5.74) is 1.81. The quantitative estimate of drug-likeness (QED) is 0.773. The van der Waals surface area contributed by atoms with Crippen LogP contribution in [0, 0.1) is 0 Å². The molecule has 0 saturated carbocycles. The van der Waals surface area contributed by atoms with Crippen molar-refractivity contribution >= 4 is 16.9 Å². The Bertz CT molecular complexity index is 1020. The monoisotopic (exact) mass is 323 g/mol. The molecule has 1 aliphatic rings. The molecule has 4 rings (SSSR count). The number of ether oxygens (including phenoxy) is 2. The Labute approximate surface area is 136 Å². The number of aromatic nitrogens is 1. The summed E-state index contributed by atoms with van der Waals surface area (Å²) >= 11 is 0. The minimum absolute atomic E-state index is 0.150. The molecular formula is C18H13NO5. The smallest absolute Gasteiger partial charge is 0.308 e. The van der Waals surface area contributed by atoms with E-state index >= 15 is 0 Å². The molecule has 6 heteroatoms. The Kier molecular flexibility index (Phi) is 3.23. The number of H-pyrrole nitrogens is 1. The van der Waals surface area contributed by atoms with Gasteiger partial charge < -0.3 is 19.6 Å². The average molecular weight is 323 g/mol. The van der Waals surface area contributed by atoms with Crippen molar-refractivity contribution in [2.75, 3.05) is 6.79 Å². The molecule has 0 saturated heterocycles. The maximum Gasteiger partial charge on any atom is 0.308 e. The van der Waals surface area contributed by atoms with E-state index in [-0.39, 0.29) is 18.8 Å².